The van der Waals surface area contributed by atoms with Gasteiger partial charge in [-0.1, -0.05) is 11.1 Å². The van der Waals surface area contributed by atoms with Gasteiger partial charge in [-0.15, -0.1) is 0 Å². The normalized spacial score (nSPS) is 58.0. The van der Waals surface area contributed by atoms with Crippen molar-refractivity contribution >= 4 is 5.97 Å². The molecule has 5 fully saturated rings. The van der Waals surface area contributed by atoms with Crippen LogP contribution in [-0.2, 0) is 9.53 Å². The molecule has 6 rings (SSSR count). The Morgan fingerprint density at radius 3 is 2.86 bits per heavy atom. The number of rotatable bonds is 1. The Kier molecular flexibility index (Phi) is 2.00. The van der Waals surface area contributed by atoms with E-state index in [1.807, 2.05) is 11.1 Å². The number of fused-ring (bicyclic) bond motifs is 15. The van der Waals surface area contributed by atoms with E-state index >= 15 is 0 Å². The number of hydrogen-bond acceptors (Lipinski definition) is 2. The van der Waals surface area contributed by atoms with Gasteiger partial charge in [-0.25, -0.2) is 0 Å². The van der Waals surface area contributed by atoms with Crippen molar-refractivity contribution < 1.29 is 9.53 Å². The summed E-state index contributed by atoms with van der Waals surface area (Å²) in [5, 5.41) is 0. The number of methoxy groups -OCH3 is 1. The lowest BCUT2D eigenvalue weighted by Gasteiger charge is -2.43. The first-order chi connectivity index (χ1) is 10.3. The number of carbonyl (C=O) groups is 1. The Balaban J connectivity index is 1.41. The Morgan fingerprint density at radius 1 is 1.10 bits per heavy atom. The van der Waals surface area contributed by atoms with Gasteiger partial charge in [0.1, 0.15) is 0 Å². The third-order valence-electron chi connectivity index (χ3n) is 8.58. The van der Waals surface area contributed by atoms with Gasteiger partial charge in [-0.3, -0.25) is 4.79 Å². The molecule has 0 amide bonds. The van der Waals surface area contributed by atoms with Gasteiger partial charge in [-0.05, 0) is 85.9 Å². The van der Waals surface area contributed by atoms with Crippen molar-refractivity contribution in [1.29, 1.82) is 0 Å². The van der Waals surface area contributed by atoms with Crippen LogP contribution in [-0.4, -0.2) is 13.1 Å². The van der Waals surface area contributed by atoms with Crippen molar-refractivity contribution in [3.8, 4) is 0 Å². The monoisotopic (exact) mass is 284 g/mol. The lowest BCUT2D eigenvalue weighted by molar-refractivity contribution is -0.148. The maximum absolute atomic E-state index is 12.1. The first-order valence-electron chi connectivity index (χ1n) is 9.07. The Morgan fingerprint density at radius 2 is 2.00 bits per heavy atom. The second-order valence-corrected chi connectivity index (χ2v) is 8.77. The van der Waals surface area contributed by atoms with Gasteiger partial charge in [-0.2, -0.15) is 0 Å². The van der Waals surface area contributed by atoms with E-state index in [0.29, 0.717) is 5.92 Å². The predicted molar refractivity (Wildman–Crippen MR) is 78.2 cm³/mol. The van der Waals surface area contributed by atoms with Crippen LogP contribution in [0.5, 0.6) is 0 Å². The first kappa shape index (κ1) is 11.7. The van der Waals surface area contributed by atoms with E-state index < -0.39 is 0 Å². The second kappa shape index (κ2) is 3.58. The van der Waals surface area contributed by atoms with Gasteiger partial charge in [0.2, 0.25) is 0 Å². The minimum atomic E-state index is 0.0888. The van der Waals surface area contributed by atoms with Crippen LogP contribution in [0, 0.1) is 53.3 Å². The summed E-state index contributed by atoms with van der Waals surface area (Å²) < 4.78 is 5.10. The quantitative estimate of drug-likeness (QED) is 0.419. The van der Waals surface area contributed by atoms with Crippen LogP contribution in [0.15, 0.2) is 11.1 Å². The molecule has 0 saturated heterocycles. The van der Waals surface area contributed by atoms with Crippen molar-refractivity contribution in [2.75, 3.05) is 7.11 Å². The van der Waals surface area contributed by atoms with Crippen LogP contribution in [0.2, 0.25) is 0 Å². The van der Waals surface area contributed by atoms with E-state index in [0.717, 1.165) is 47.8 Å². The minimum absolute atomic E-state index is 0.0888. The third-order valence-corrected chi connectivity index (χ3v) is 8.58. The van der Waals surface area contributed by atoms with Crippen LogP contribution in [0.3, 0.4) is 0 Å². The lowest BCUT2D eigenvalue weighted by Crippen LogP contribution is -2.40. The molecule has 0 N–H and O–H groups in total. The Labute approximate surface area is 126 Å². The molecule has 0 aliphatic heterocycles. The molecule has 112 valence electrons. The zero-order chi connectivity index (χ0) is 13.9. The highest BCUT2D eigenvalue weighted by Crippen LogP contribution is 2.75. The van der Waals surface area contributed by atoms with Gasteiger partial charge in [0, 0.05) is 0 Å². The van der Waals surface area contributed by atoms with Crippen molar-refractivity contribution in [2.45, 2.75) is 38.5 Å². The summed E-state index contributed by atoms with van der Waals surface area (Å²) in [6.07, 6.45) is 8.31. The molecular formula is C19H24O2. The number of hydrogen-bond donors (Lipinski definition) is 0. The molecule has 2 heteroatoms. The number of esters is 1. The summed E-state index contributed by atoms with van der Waals surface area (Å²) in [4.78, 5) is 12.1. The van der Waals surface area contributed by atoms with Crippen LogP contribution >= 0.6 is 0 Å². The average molecular weight is 284 g/mol. The largest absolute Gasteiger partial charge is 0.469 e. The summed E-state index contributed by atoms with van der Waals surface area (Å²) >= 11 is 0. The van der Waals surface area contributed by atoms with Gasteiger partial charge in [0.15, 0.2) is 0 Å². The van der Waals surface area contributed by atoms with E-state index in [1.165, 1.54) is 32.1 Å². The molecule has 6 bridgehead atoms. The third kappa shape index (κ3) is 1.15. The molecule has 0 radical (unpaired) electrons. The van der Waals surface area contributed by atoms with Crippen molar-refractivity contribution in [3.63, 3.8) is 0 Å². The molecule has 5 saturated carbocycles. The Bertz CT molecular complexity index is 576. The highest BCUT2D eigenvalue weighted by Gasteiger charge is 2.69. The van der Waals surface area contributed by atoms with Gasteiger partial charge >= 0.3 is 5.97 Å². The molecule has 0 aromatic rings. The maximum atomic E-state index is 12.1. The van der Waals surface area contributed by atoms with E-state index in [-0.39, 0.29) is 11.9 Å². The van der Waals surface area contributed by atoms with E-state index in [4.69, 9.17) is 4.74 Å². The fourth-order valence-electron chi connectivity index (χ4n) is 8.43. The molecule has 6 aliphatic carbocycles. The summed E-state index contributed by atoms with van der Waals surface area (Å²) in [7, 11) is 1.57. The lowest BCUT2D eigenvalue weighted by atomic mass is 9.61. The van der Waals surface area contributed by atoms with Gasteiger partial charge in [0.05, 0.1) is 13.0 Å². The van der Waals surface area contributed by atoms with Gasteiger partial charge < -0.3 is 4.74 Å². The predicted octanol–water partition coefficient (Wildman–Crippen LogP) is 3.42. The molecule has 0 spiro atoms. The molecule has 6 aliphatic rings. The number of carbonyl (C=O) groups excluding carboxylic acids is 1. The first-order valence-corrected chi connectivity index (χ1v) is 9.07. The topological polar surface area (TPSA) is 26.3 Å². The average Bonchev–Trinajstić information content (AvgIpc) is 3.31. The molecule has 0 aromatic carbocycles. The molecule has 9 unspecified atom stereocenters. The highest BCUT2D eigenvalue weighted by molar-refractivity contribution is 5.73. The smallest absolute Gasteiger partial charge is 0.308 e. The van der Waals surface area contributed by atoms with Crippen molar-refractivity contribution in [1.82, 2.24) is 0 Å². The molecule has 21 heavy (non-hydrogen) atoms. The molecular weight excluding hydrogens is 260 g/mol. The molecule has 2 nitrogen and oxygen atoms in total. The summed E-state index contributed by atoms with van der Waals surface area (Å²) in [5.41, 5.74) is 3.81. The van der Waals surface area contributed by atoms with E-state index in [1.54, 1.807) is 7.11 Å². The maximum Gasteiger partial charge on any atom is 0.308 e. The van der Waals surface area contributed by atoms with E-state index in [2.05, 4.69) is 0 Å². The van der Waals surface area contributed by atoms with E-state index in [9.17, 15) is 4.79 Å². The summed E-state index contributed by atoms with van der Waals surface area (Å²) in [6, 6.07) is 0. The SMILES string of the molecule is COC(=O)C1CC2CC1C1C3CC(C4C3=C3CCC4C3)C21. The molecule has 0 aromatic heterocycles. The zero-order valence-electron chi connectivity index (χ0n) is 12.8. The fraction of sp³-hybridized carbons (Fsp3) is 0.842. The summed E-state index contributed by atoms with van der Waals surface area (Å²) in [5.74, 6) is 7.59. The van der Waals surface area contributed by atoms with Crippen molar-refractivity contribution in [2.24, 2.45) is 53.3 Å². The van der Waals surface area contributed by atoms with Crippen LogP contribution in [0.25, 0.3) is 0 Å². The van der Waals surface area contributed by atoms with Crippen LogP contribution in [0.4, 0.5) is 0 Å². The number of allylic oxidation sites excluding steroid dienone is 2. The zero-order valence-corrected chi connectivity index (χ0v) is 12.8. The standard InChI is InChI=1S/C19H24O2/c1-21-19(20)12-6-10-5-11(12)18-14-7-13(17(10)18)15-8-2-3-9(4-8)16(14)15/h8,10-15,17-18H,2-7H2,1H3. The van der Waals surface area contributed by atoms with Crippen LogP contribution < -0.4 is 0 Å². The molecule has 0 heterocycles. The van der Waals surface area contributed by atoms with Crippen molar-refractivity contribution in [3.05, 3.63) is 11.1 Å². The Hall–Kier alpha value is -0.790. The number of ether oxygens (including phenoxy) is 1. The second-order valence-electron chi connectivity index (χ2n) is 8.77. The minimum Gasteiger partial charge on any atom is -0.469 e. The molecule has 9 atom stereocenters. The van der Waals surface area contributed by atoms with Crippen LogP contribution in [0.1, 0.15) is 38.5 Å². The fourth-order valence-corrected chi connectivity index (χ4v) is 8.43. The van der Waals surface area contributed by atoms with Gasteiger partial charge in [0.25, 0.3) is 0 Å². The summed E-state index contributed by atoms with van der Waals surface area (Å²) in [6.45, 7) is 0. The highest BCUT2D eigenvalue weighted by atomic mass is 16.5.